The monoisotopic (exact) mass is 445 g/mol. The lowest BCUT2D eigenvalue weighted by molar-refractivity contribution is 0.273. The van der Waals surface area contributed by atoms with E-state index in [0.717, 1.165) is 56.6 Å². The first-order valence-electron chi connectivity index (χ1n) is 8.89. The Labute approximate surface area is 164 Å². The second-order valence-corrected chi connectivity index (χ2v) is 6.36. The Balaban J connectivity index is 0.00000288. The summed E-state index contributed by atoms with van der Waals surface area (Å²) >= 11 is 0. The molecule has 1 aliphatic heterocycles. The van der Waals surface area contributed by atoms with E-state index >= 15 is 0 Å². The third kappa shape index (κ3) is 6.87. The van der Waals surface area contributed by atoms with E-state index < -0.39 is 0 Å². The molecule has 1 heterocycles. The van der Waals surface area contributed by atoms with Gasteiger partial charge in [-0.3, -0.25) is 4.99 Å². The van der Waals surface area contributed by atoms with Crippen molar-refractivity contribution in [2.24, 2.45) is 10.9 Å². The fourth-order valence-corrected chi connectivity index (χ4v) is 2.94. The van der Waals surface area contributed by atoms with Gasteiger partial charge in [-0.05, 0) is 56.2 Å². The van der Waals surface area contributed by atoms with Gasteiger partial charge in [-0.1, -0.05) is 19.1 Å². The van der Waals surface area contributed by atoms with Gasteiger partial charge in [0, 0.05) is 26.2 Å². The highest BCUT2D eigenvalue weighted by molar-refractivity contribution is 14.0. The molecule has 1 fully saturated rings. The van der Waals surface area contributed by atoms with Crippen molar-refractivity contribution >= 4 is 29.9 Å². The molecular weight excluding hydrogens is 413 g/mol. The number of ether oxygens (including phenoxy) is 1. The number of aryl methyl sites for hydroxylation is 1. The van der Waals surface area contributed by atoms with Crippen LogP contribution in [-0.4, -0.2) is 44.1 Å². The van der Waals surface area contributed by atoms with Gasteiger partial charge in [-0.15, -0.1) is 24.0 Å². The molecule has 136 valence electrons. The van der Waals surface area contributed by atoms with E-state index in [4.69, 9.17) is 9.73 Å². The number of benzene rings is 1. The predicted molar refractivity (Wildman–Crippen MR) is 113 cm³/mol. The van der Waals surface area contributed by atoms with E-state index in [9.17, 15) is 0 Å². The fraction of sp³-hybridized carbons (Fsp3) is 0.632. The van der Waals surface area contributed by atoms with Gasteiger partial charge in [0.2, 0.25) is 0 Å². The van der Waals surface area contributed by atoms with E-state index in [2.05, 4.69) is 42.3 Å². The van der Waals surface area contributed by atoms with Gasteiger partial charge in [-0.2, -0.15) is 0 Å². The normalized spacial score (nSPS) is 15.8. The first-order valence-corrected chi connectivity index (χ1v) is 8.89. The van der Waals surface area contributed by atoms with E-state index in [1.807, 2.05) is 6.07 Å². The highest BCUT2D eigenvalue weighted by atomic mass is 127. The molecule has 0 aromatic heterocycles. The predicted octanol–water partition coefficient (Wildman–Crippen LogP) is 3.94. The molecule has 0 unspecified atom stereocenters. The van der Waals surface area contributed by atoms with Crippen LogP contribution >= 0.6 is 24.0 Å². The zero-order valence-electron chi connectivity index (χ0n) is 15.3. The summed E-state index contributed by atoms with van der Waals surface area (Å²) in [6.07, 6.45) is 4.64. The number of nitrogens with zero attached hydrogens (tertiary/aromatic N) is 2. The van der Waals surface area contributed by atoms with Crippen LogP contribution in [0.4, 0.5) is 0 Å². The summed E-state index contributed by atoms with van der Waals surface area (Å²) in [5.74, 6) is 2.87. The zero-order valence-corrected chi connectivity index (χ0v) is 17.6. The van der Waals surface area contributed by atoms with E-state index in [0.29, 0.717) is 0 Å². The topological polar surface area (TPSA) is 36.9 Å². The molecule has 0 saturated carbocycles. The van der Waals surface area contributed by atoms with Crippen molar-refractivity contribution in [3.63, 3.8) is 0 Å². The molecule has 1 aromatic rings. The summed E-state index contributed by atoms with van der Waals surface area (Å²) in [4.78, 5) is 7.23. The van der Waals surface area contributed by atoms with E-state index in [1.54, 1.807) is 7.11 Å². The Kier molecular flexibility index (Phi) is 10.1. The largest absolute Gasteiger partial charge is 0.497 e. The molecule has 4 nitrogen and oxygen atoms in total. The molecule has 5 heteroatoms. The fourth-order valence-electron chi connectivity index (χ4n) is 2.94. The minimum Gasteiger partial charge on any atom is -0.497 e. The molecule has 0 amide bonds. The maximum Gasteiger partial charge on any atom is 0.193 e. The van der Waals surface area contributed by atoms with Gasteiger partial charge in [0.25, 0.3) is 0 Å². The zero-order chi connectivity index (χ0) is 16.5. The number of methoxy groups -OCH3 is 1. The molecule has 1 saturated heterocycles. The summed E-state index contributed by atoms with van der Waals surface area (Å²) in [5.41, 5.74) is 1.32. The molecule has 1 aromatic carbocycles. The van der Waals surface area contributed by atoms with Crippen molar-refractivity contribution in [1.82, 2.24) is 10.2 Å². The lowest BCUT2D eigenvalue weighted by atomic mass is 10.00. The van der Waals surface area contributed by atoms with Crippen LogP contribution in [0.5, 0.6) is 5.75 Å². The maximum atomic E-state index is 5.28. The van der Waals surface area contributed by atoms with Crippen LogP contribution in [-0.2, 0) is 6.42 Å². The van der Waals surface area contributed by atoms with Crippen molar-refractivity contribution in [3.8, 4) is 5.75 Å². The Bertz CT molecular complexity index is 499. The minimum atomic E-state index is 0. The lowest BCUT2D eigenvalue weighted by Gasteiger charge is -2.33. The van der Waals surface area contributed by atoms with Crippen molar-refractivity contribution in [2.45, 2.75) is 39.5 Å². The number of nitrogens with one attached hydrogen (secondary N) is 1. The standard InChI is InChI=1S/C19H31N3O.HI/c1-4-20-19(22-13-10-16(2)11-14-22)21-12-6-8-17-7-5-9-18(15-17)23-3;/h5,7,9,15-16H,4,6,8,10-14H2,1-3H3,(H,20,21);1H. The molecule has 0 bridgehead atoms. The third-order valence-electron chi connectivity index (χ3n) is 4.44. The van der Waals surface area contributed by atoms with Gasteiger partial charge < -0.3 is 15.0 Å². The van der Waals surface area contributed by atoms with Crippen molar-refractivity contribution in [2.75, 3.05) is 33.3 Å². The number of halogens is 1. The number of rotatable bonds is 6. The van der Waals surface area contributed by atoms with Gasteiger partial charge in [0.05, 0.1) is 7.11 Å². The van der Waals surface area contributed by atoms with Crippen molar-refractivity contribution < 1.29 is 4.74 Å². The molecular formula is C19H32IN3O. The van der Waals surface area contributed by atoms with Crippen LogP contribution < -0.4 is 10.1 Å². The summed E-state index contributed by atoms with van der Waals surface area (Å²) in [6, 6.07) is 8.31. The Hall–Kier alpha value is -0.980. The van der Waals surface area contributed by atoms with Gasteiger partial charge in [0.15, 0.2) is 5.96 Å². The molecule has 2 rings (SSSR count). The lowest BCUT2D eigenvalue weighted by Crippen LogP contribution is -2.45. The number of piperidine rings is 1. The van der Waals surface area contributed by atoms with Crippen molar-refractivity contribution in [3.05, 3.63) is 29.8 Å². The van der Waals surface area contributed by atoms with Gasteiger partial charge in [-0.25, -0.2) is 0 Å². The Morgan fingerprint density at radius 1 is 1.33 bits per heavy atom. The molecule has 0 radical (unpaired) electrons. The highest BCUT2D eigenvalue weighted by Gasteiger charge is 2.18. The summed E-state index contributed by atoms with van der Waals surface area (Å²) in [6.45, 7) is 8.53. The number of guanidine groups is 1. The molecule has 24 heavy (non-hydrogen) atoms. The smallest absolute Gasteiger partial charge is 0.193 e. The van der Waals surface area contributed by atoms with E-state index in [-0.39, 0.29) is 24.0 Å². The third-order valence-corrected chi connectivity index (χ3v) is 4.44. The van der Waals surface area contributed by atoms with Crippen LogP contribution in [0.1, 0.15) is 38.7 Å². The summed E-state index contributed by atoms with van der Waals surface area (Å²) < 4.78 is 5.28. The van der Waals surface area contributed by atoms with E-state index in [1.165, 1.54) is 18.4 Å². The van der Waals surface area contributed by atoms with Crippen LogP contribution in [0.2, 0.25) is 0 Å². The molecule has 1 aliphatic rings. The molecule has 0 spiro atoms. The minimum absolute atomic E-state index is 0. The second-order valence-electron chi connectivity index (χ2n) is 6.36. The first-order chi connectivity index (χ1) is 11.2. The van der Waals surface area contributed by atoms with Crippen molar-refractivity contribution in [1.29, 1.82) is 0 Å². The Morgan fingerprint density at radius 3 is 2.75 bits per heavy atom. The van der Waals surface area contributed by atoms with Crippen LogP contribution in [0.3, 0.4) is 0 Å². The van der Waals surface area contributed by atoms with Gasteiger partial charge >= 0.3 is 0 Å². The molecule has 0 aliphatic carbocycles. The number of hydrogen-bond acceptors (Lipinski definition) is 2. The van der Waals surface area contributed by atoms with Crippen LogP contribution in [0.15, 0.2) is 29.3 Å². The quantitative estimate of drug-likeness (QED) is 0.312. The average molecular weight is 445 g/mol. The summed E-state index contributed by atoms with van der Waals surface area (Å²) in [5, 5.41) is 3.44. The first kappa shape index (κ1) is 21.1. The van der Waals surface area contributed by atoms with Crippen LogP contribution in [0.25, 0.3) is 0 Å². The number of hydrogen-bond donors (Lipinski definition) is 1. The SMILES string of the molecule is CCNC(=NCCCc1cccc(OC)c1)N1CCC(C)CC1.I. The van der Waals surface area contributed by atoms with Crippen LogP contribution in [0, 0.1) is 5.92 Å². The molecule has 1 N–H and O–H groups in total. The number of aliphatic imine (C=N–C) groups is 1. The average Bonchev–Trinajstić information content (AvgIpc) is 2.58. The number of likely N-dealkylation sites (tertiary alicyclic amines) is 1. The summed E-state index contributed by atoms with van der Waals surface area (Å²) in [7, 11) is 1.71. The molecule has 0 atom stereocenters. The Morgan fingerprint density at radius 2 is 2.08 bits per heavy atom. The highest BCUT2D eigenvalue weighted by Crippen LogP contribution is 2.16. The second kappa shape index (κ2) is 11.6. The van der Waals surface area contributed by atoms with Gasteiger partial charge in [0.1, 0.15) is 5.75 Å². The maximum absolute atomic E-state index is 5.28.